The largest absolute Gasteiger partial charge is 0.478 e. The molecule has 0 amide bonds. The van der Waals surface area contributed by atoms with Crippen LogP contribution in [-0.4, -0.2) is 45.5 Å². The van der Waals surface area contributed by atoms with Crippen molar-refractivity contribution in [1.29, 1.82) is 0 Å². The fourth-order valence-corrected chi connectivity index (χ4v) is 2.45. The maximum atomic E-state index is 11.5. The molecule has 0 aromatic heterocycles. The molecule has 0 heterocycles. The SMILES string of the molecule is O=C(O)C(O)(NCCNC(O)(C(=O)O)c1ccccc1)c1ccccc1. The van der Waals surface area contributed by atoms with Crippen LogP contribution in [0.15, 0.2) is 60.7 Å². The van der Waals surface area contributed by atoms with Crippen LogP contribution in [-0.2, 0) is 21.0 Å². The topological polar surface area (TPSA) is 139 Å². The van der Waals surface area contributed by atoms with Crippen molar-refractivity contribution in [3.8, 4) is 0 Å². The van der Waals surface area contributed by atoms with Gasteiger partial charge in [-0.2, -0.15) is 0 Å². The molecule has 0 spiro atoms. The molecule has 0 bridgehead atoms. The molecule has 0 saturated carbocycles. The molecule has 0 aliphatic rings. The maximum absolute atomic E-state index is 11.5. The number of nitrogens with one attached hydrogen (secondary N) is 2. The fraction of sp³-hybridized carbons (Fsp3) is 0.222. The van der Waals surface area contributed by atoms with Crippen LogP contribution < -0.4 is 10.6 Å². The summed E-state index contributed by atoms with van der Waals surface area (Å²) >= 11 is 0. The van der Waals surface area contributed by atoms with E-state index in [-0.39, 0.29) is 24.2 Å². The second kappa shape index (κ2) is 8.07. The number of hydrogen-bond donors (Lipinski definition) is 6. The Kier molecular flexibility index (Phi) is 6.06. The Bertz CT molecular complexity index is 689. The van der Waals surface area contributed by atoms with Crippen molar-refractivity contribution in [2.75, 3.05) is 13.1 Å². The highest BCUT2D eigenvalue weighted by molar-refractivity contribution is 5.79. The van der Waals surface area contributed by atoms with Gasteiger partial charge in [0.1, 0.15) is 0 Å². The molecule has 0 saturated heterocycles. The van der Waals surface area contributed by atoms with Crippen LogP contribution in [0.5, 0.6) is 0 Å². The van der Waals surface area contributed by atoms with Crippen molar-refractivity contribution in [1.82, 2.24) is 10.6 Å². The molecule has 2 aromatic rings. The van der Waals surface area contributed by atoms with Crippen LogP contribution >= 0.6 is 0 Å². The minimum atomic E-state index is -2.34. The highest BCUT2D eigenvalue weighted by atomic mass is 16.4. The second-order valence-electron chi connectivity index (χ2n) is 5.62. The Morgan fingerprint density at radius 3 is 1.27 bits per heavy atom. The van der Waals surface area contributed by atoms with Crippen molar-refractivity contribution in [3.05, 3.63) is 71.8 Å². The Morgan fingerprint density at radius 2 is 1.00 bits per heavy atom. The molecular weight excluding hydrogens is 340 g/mol. The third kappa shape index (κ3) is 4.06. The summed E-state index contributed by atoms with van der Waals surface area (Å²) in [6.07, 6.45) is 0. The average Bonchev–Trinajstić information content (AvgIpc) is 2.66. The van der Waals surface area contributed by atoms with Gasteiger partial charge in [0, 0.05) is 24.2 Å². The predicted octanol–water partition coefficient (Wildman–Crippen LogP) is 0.0254. The highest BCUT2D eigenvalue weighted by Gasteiger charge is 2.39. The Morgan fingerprint density at radius 1 is 0.692 bits per heavy atom. The molecule has 0 aliphatic carbocycles. The summed E-state index contributed by atoms with van der Waals surface area (Å²) in [6, 6.07) is 15.5. The molecular formula is C18H20N2O6. The smallest absolute Gasteiger partial charge is 0.356 e. The van der Waals surface area contributed by atoms with Crippen LogP contribution in [0.1, 0.15) is 11.1 Å². The van der Waals surface area contributed by atoms with Crippen LogP contribution in [0.25, 0.3) is 0 Å². The van der Waals surface area contributed by atoms with Gasteiger partial charge in [-0.25, -0.2) is 9.59 Å². The zero-order chi connectivity index (χ0) is 19.2. The van der Waals surface area contributed by atoms with Crippen LogP contribution in [0.4, 0.5) is 0 Å². The van der Waals surface area contributed by atoms with Gasteiger partial charge in [0.2, 0.25) is 11.4 Å². The normalized spacial score (nSPS) is 15.6. The van der Waals surface area contributed by atoms with Crippen LogP contribution in [0.2, 0.25) is 0 Å². The summed E-state index contributed by atoms with van der Waals surface area (Å²) in [6.45, 7) is -0.250. The monoisotopic (exact) mass is 360 g/mol. The van der Waals surface area contributed by atoms with Gasteiger partial charge in [-0.15, -0.1) is 0 Å². The van der Waals surface area contributed by atoms with E-state index in [0.29, 0.717) is 0 Å². The number of benzene rings is 2. The molecule has 26 heavy (non-hydrogen) atoms. The molecule has 2 rings (SSSR count). The summed E-state index contributed by atoms with van der Waals surface area (Å²) in [4.78, 5) is 22.9. The molecule has 138 valence electrons. The minimum Gasteiger partial charge on any atom is -0.478 e. The number of carboxylic acids is 2. The quantitative estimate of drug-likeness (QED) is 0.272. The van der Waals surface area contributed by atoms with Crippen molar-refractivity contribution in [3.63, 3.8) is 0 Å². The third-order valence-electron chi connectivity index (χ3n) is 3.89. The van der Waals surface area contributed by atoms with E-state index in [2.05, 4.69) is 10.6 Å². The number of rotatable bonds is 9. The first-order valence-electron chi connectivity index (χ1n) is 7.83. The Labute approximate surface area is 149 Å². The molecule has 6 N–H and O–H groups in total. The van der Waals surface area contributed by atoms with E-state index in [9.17, 15) is 30.0 Å². The maximum Gasteiger partial charge on any atom is 0.356 e. The first-order valence-corrected chi connectivity index (χ1v) is 7.83. The van der Waals surface area contributed by atoms with Crippen molar-refractivity contribution in [2.45, 2.75) is 11.4 Å². The van der Waals surface area contributed by atoms with Gasteiger partial charge < -0.3 is 20.4 Å². The van der Waals surface area contributed by atoms with Crippen LogP contribution in [0.3, 0.4) is 0 Å². The molecule has 2 unspecified atom stereocenters. The second-order valence-corrected chi connectivity index (χ2v) is 5.62. The zero-order valence-electron chi connectivity index (χ0n) is 13.8. The standard InChI is InChI=1S/C18H20N2O6/c21-15(22)17(25,13-7-3-1-4-8-13)19-11-12-20-18(26,16(23)24)14-9-5-2-6-10-14/h1-10,19-20,25-26H,11-12H2,(H,21,22)(H,23,24). The van der Waals surface area contributed by atoms with Crippen molar-refractivity contribution >= 4 is 11.9 Å². The summed E-state index contributed by atoms with van der Waals surface area (Å²) in [5.41, 5.74) is -4.42. The van der Waals surface area contributed by atoms with Gasteiger partial charge in [0.15, 0.2) is 0 Å². The van der Waals surface area contributed by atoms with Crippen LogP contribution in [0, 0.1) is 0 Å². The van der Waals surface area contributed by atoms with Crippen molar-refractivity contribution < 1.29 is 30.0 Å². The first-order chi connectivity index (χ1) is 12.3. The van der Waals surface area contributed by atoms with Gasteiger partial charge in [-0.3, -0.25) is 10.6 Å². The molecule has 8 heteroatoms. The van der Waals surface area contributed by atoms with E-state index in [0.717, 1.165) is 0 Å². The predicted molar refractivity (Wildman–Crippen MR) is 92.0 cm³/mol. The number of hydrogen-bond acceptors (Lipinski definition) is 6. The molecule has 0 fully saturated rings. The number of aliphatic hydroxyl groups is 2. The highest BCUT2D eigenvalue weighted by Crippen LogP contribution is 2.19. The third-order valence-corrected chi connectivity index (χ3v) is 3.89. The Balaban J connectivity index is 2.06. The lowest BCUT2D eigenvalue weighted by Gasteiger charge is -2.28. The van der Waals surface area contributed by atoms with Crippen molar-refractivity contribution in [2.24, 2.45) is 0 Å². The molecule has 2 atom stereocenters. The average molecular weight is 360 g/mol. The van der Waals surface area contributed by atoms with Gasteiger partial charge >= 0.3 is 11.9 Å². The molecule has 8 nitrogen and oxygen atoms in total. The van der Waals surface area contributed by atoms with Gasteiger partial charge in [0.05, 0.1) is 0 Å². The summed E-state index contributed by atoms with van der Waals surface area (Å²) < 4.78 is 0. The van der Waals surface area contributed by atoms with Gasteiger partial charge in [-0.1, -0.05) is 60.7 Å². The molecule has 0 aliphatic heterocycles. The molecule has 2 aromatic carbocycles. The van der Waals surface area contributed by atoms with E-state index < -0.39 is 23.4 Å². The summed E-state index contributed by atoms with van der Waals surface area (Å²) in [5, 5.41) is 44.4. The van der Waals surface area contributed by atoms with E-state index in [4.69, 9.17) is 0 Å². The first kappa shape index (κ1) is 19.5. The summed E-state index contributed by atoms with van der Waals surface area (Å²) in [7, 11) is 0. The minimum absolute atomic E-state index is 0.125. The van der Waals surface area contributed by atoms with E-state index >= 15 is 0 Å². The van der Waals surface area contributed by atoms with E-state index in [1.807, 2.05) is 0 Å². The van der Waals surface area contributed by atoms with E-state index in [1.54, 1.807) is 36.4 Å². The number of aliphatic carboxylic acids is 2. The fourth-order valence-electron chi connectivity index (χ4n) is 2.45. The lowest BCUT2D eigenvalue weighted by Crippen LogP contribution is -2.54. The zero-order valence-corrected chi connectivity index (χ0v) is 13.8. The summed E-state index contributed by atoms with van der Waals surface area (Å²) in [5.74, 6) is -3.00. The molecule has 0 radical (unpaired) electrons. The Hall–Kier alpha value is -2.78. The van der Waals surface area contributed by atoms with E-state index in [1.165, 1.54) is 24.3 Å². The van der Waals surface area contributed by atoms with Gasteiger partial charge in [-0.05, 0) is 0 Å². The lowest BCUT2D eigenvalue weighted by atomic mass is 10.0. The number of carbonyl (C=O) groups is 2. The van der Waals surface area contributed by atoms with Gasteiger partial charge in [0.25, 0.3) is 0 Å². The lowest BCUT2D eigenvalue weighted by molar-refractivity contribution is -0.166. The number of carboxylic acid groups (broad SMARTS) is 2.